The van der Waals surface area contributed by atoms with Crippen molar-refractivity contribution in [2.75, 3.05) is 6.54 Å². The van der Waals surface area contributed by atoms with Gasteiger partial charge in [-0.2, -0.15) is 0 Å². The molecule has 4 nitrogen and oxygen atoms in total. The van der Waals surface area contributed by atoms with E-state index in [0.717, 1.165) is 36.2 Å². The van der Waals surface area contributed by atoms with Gasteiger partial charge < -0.3 is 9.88 Å². The monoisotopic (exact) mass is 349 g/mol. The third-order valence-corrected chi connectivity index (χ3v) is 4.90. The number of benzene rings is 2. The summed E-state index contributed by atoms with van der Waals surface area (Å²) in [7, 11) is 0. The van der Waals surface area contributed by atoms with Crippen LogP contribution in [0.3, 0.4) is 0 Å². The van der Waals surface area contributed by atoms with Crippen molar-refractivity contribution in [3.63, 3.8) is 0 Å². The van der Waals surface area contributed by atoms with Crippen LogP contribution >= 0.6 is 0 Å². The molecular formula is C21H20FN3O. The zero-order chi connectivity index (χ0) is 17.9. The fraction of sp³-hybridized carbons (Fsp3) is 0.238. The molecule has 1 atom stereocenters. The average Bonchev–Trinajstić information content (AvgIpc) is 3.23. The van der Waals surface area contributed by atoms with Crippen molar-refractivity contribution in [2.45, 2.75) is 25.3 Å². The molecule has 1 fully saturated rings. The minimum Gasteiger partial charge on any atom is -0.345 e. The summed E-state index contributed by atoms with van der Waals surface area (Å²) in [5.41, 5.74) is 2.52. The van der Waals surface area contributed by atoms with Crippen LogP contribution in [-0.4, -0.2) is 27.3 Å². The number of carbonyl (C=O) groups is 1. The summed E-state index contributed by atoms with van der Waals surface area (Å²) in [6.45, 7) is 0.714. The van der Waals surface area contributed by atoms with E-state index in [0.29, 0.717) is 12.1 Å². The quantitative estimate of drug-likeness (QED) is 0.752. The first-order valence-electron chi connectivity index (χ1n) is 8.88. The number of halogens is 1. The second-order valence-electron chi connectivity index (χ2n) is 6.58. The number of imidazole rings is 1. The van der Waals surface area contributed by atoms with Crippen molar-refractivity contribution in [1.29, 1.82) is 0 Å². The molecule has 0 aliphatic carbocycles. The lowest BCUT2D eigenvalue weighted by molar-refractivity contribution is 0.0611. The number of likely N-dealkylation sites (tertiary alicyclic amines) is 1. The van der Waals surface area contributed by atoms with Gasteiger partial charge in [0.05, 0.1) is 6.04 Å². The molecule has 2 aromatic carbocycles. The third kappa shape index (κ3) is 3.25. The predicted octanol–water partition coefficient (Wildman–Crippen LogP) is 4.58. The van der Waals surface area contributed by atoms with Gasteiger partial charge in [0.25, 0.3) is 5.91 Å². The highest BCUT2D eigenvalue weighted by Crippen LogP contribution is 2.32. The Morgan fingerprint density at radius 1 is 1.15 bits per heavy atom. The van der Waals surface area contributed by atoms with E-state index in [1.54, 1.807) is 24.5 Å². The van der Waals surface area contributed by atoms with Crippen LogP contribution < -0.4 is 0 Å². The van der Waals surface area contributed by atoms with Crippen molar-refractivity contribution in [3.8, 4) is 11.4 Å². The molecule has 132 valence electrons. The lowest BCUT2D eigenvalue weighted by Crippen LogP contribution is -2.38. The van der Waals surface area contributed by atoms with Gasteiger partial charge in [0.1, 0.15) is 11.6 Å². The van der Waals surface area contributed by atoms with Gasteiger partial charge in [0, 0.05) is 30.1 Å². The van der Waals surface area contributed by atoms with Crippen molar-refractivity contribution >= 4 is 5.91 Å². The summed E-state index contributed by atoms with van der Waals surface area (Å²) in [5, 5.41) is 0. The topological polar surface area (TPSA) is 49.0 Å². The molecule has 1 amide bonds. The van der Waals surface area contributed by atoms with Crippen molar-refractivity contribution in [1.82, 2.24) is 14.9 Å². The Balaban J connectivity index is 1.63. The van der Waals surface area contributed by atoms with Gasteiger partial charge in [-0.1, -0.05) is 24.3 Å². The molecule has 0 spiro atoms. The Morgan fingerprint density at radius 3 is 2.77 bits per heavy atom. The second-order valence-corrected chi connectivity index (χ2v) is 6.58. The number of carbonyl (C=O) groups excluding carboxylic acids is 1. The average molecular weight is 349 g/mol. The fourth-order valence-corrected chi connectivity index (χ4v) is 3.59. The number of aromatic amines is 1. The number of rotatable bonds is 3. The van der Waals surface area contributed by atoms with Crippen LogP contribution in [0.15, 0.2) is 60.9 Å². The van der Waals surface area contributed by atoms with Crippen molar-refractivity contribution in [3.05, 3.63) is 77.9 Å². The van der Waals surface area contributed by atoms with Crippen molar-refractivity contribution in [2.24, 2.45) is 0 Å². The molecule has 1 saturated heterocycles. The maximum Gasteiger partial charge on any atom is 0.254 e. The normalized spacial score (nSPS) is 17.3. The maximum atomic E-state index is 13.3. The number of H-pyrrole nitrogens is 1. The van der Waals surface area contributed by atoms with Gasteiger partial charge >= 0.3 is 0 Å². The number of hydrogen-bond acceptors (Lipinski definition) is 2. The van der Waals surface area contributed by atoms with Gasteiger partial charge in [-0.05, 0) is 49.1 Å². The fourth-order valence-electron chi connectivity index (χ4n) is 3.59. The summed E-state index contributed by atoms with van der Waals surface area (Å²) in [6, 6.07) is 14.0. The van der Waals surface area contributed by atoms with Gasteiger partial charge in [-0.25, -0.2) is 9.37 Å². The van der Waals surface area contributed by atoms with Crippen LogP contribution in [-0.2, 0) is 0 Å². The molecule has 1 N–H and O–H groups in total. The van der Waals surface area contributed by atoms with Crippen LogP contribution in [0, 0.1) is 5.82 Å². The molecule has 2 heterocycles. The molecule has 4 rings (SSSR count). The van der Waals surface area contributed by atoms with E-state index in [2.05, 4.69) is 9.97 Å². The first kappa shape index (κ1) is 16.5. The van der Waals surface area contributed by atoms with Crippen LogP contribution in [0.5, 0.6) is 0 Å². The van der Waals surface area contributed by atoms with E-state index in [1.807, 2.05) is 29.2 Å². The minimum absolute atomic E-state index is 0.00688. The summed E-state index contributed by atoms with van der Waals surface area (Å²) in [6.07, 6.45) is 6.41. The largest absolute Gasteiger partial charge is 0.345 e. The Morgan fingerprint density at radius 2 is 2.00 bits per heavy atom. The number of nitrogens with one attached hydrogen (secondary N) is 1. The summed E-state index contributed by atoms with van der Waals surface area (Å²) >= 11 is 0. The van der Waals surface area contributed by atoms with Crippen LogP contribution in [0.25, 0.3) is 11.4 Å². The molecule has 1 aliphatic heterocycles. The molecule has 1 aliphatic rings. The molecule has 3 aromatic rings. The standard InChI is InChI=1S/C21H20FN3O/c22-18-9-7-15(8-10-18)19-6-1-2-13-25(19)21(26)17-5-3-4-16(14-17)20-23-11-12-24-20/h3-5,7-12,14,19H,1-2,6,13H2,(H,23,24)/t19-/m0/s1. The zero-order valence-electron chi connectivity index (χ0n) is 14.4. The van der Waals surface area contributed by atoms with Crippen LogP contribution in [0.4, 0.5) is 4.39 Å². The molecule has 5 heteroatoms. The minimum atomic E-state index is -0.256. The second kappa shape index (κ2) is 7.12. The van der Waals surface area contributed by atoms with Gasteiger partial charge in [0.2, 0.25) is 0 Å². The molecule has 0 radical (unpaired) electrons. The van der Waals surface area contributed by atoms with Crippen LogP contribution in [0.2, 0.25) is 0 Å². The molecular weight excluding hydrogens is 329 g/mol. The number of aromatic nitrogens is 2. The third-order valence-electron chi connectivity index (χ3n) is 4.90. The van der Waals surface area contributed by atoms with Gasteiger partial charge in [0.15, 0.2) is 0 Å². The summed E-state index contributed by atoms with van der Waals surface area (Å²) in [4.78, 5) is 22.4. The SMILES string of the molecule is O=C(c1cccc(-c2ncc[nH]2)c1)N1CCCC[C@H]1c1ccc(F)cc1. The highest BCUT2D eigenvalue weighted by molar-refractivity contribution is 5.95. The van der Waals surface area contributed by atoms with E-state index < -0.39 is 0 Å². The Bertz CT molecular complexity index is 890. The van der Waals surface area contributed by atoms with E-state index in [1.165, 1.54) is 12.1 Å². The van der Waals surface area contributed by atoms with Crippen LogP contribution in [0.1, 0.15) is 41.2 Å². The molecule has 1 aromatic heterocycles. The van der Waals surface area contributed by atoms with Gasteiger partial charge in [-0.15, -0.1) is 0 Å². The maximum absolute atomic E-state index is 13.3. The zero-order valence-corrected chi connectivity index (χ0v) is 14.4. The number of nitrogens with zero attached hydrogens (tertiary/aromatic N) is 2. The van der Waals surface area contributed by atoms with Crippen molar-refractivity contribution < 1.29 is 9.18 Å². The number of amides is 1. The van der Waals surface area contributed by atoms with E-state index in [4.69, 9.17) is 0 Å². The molecule has 0 bridgehead atoms. The Kier molecular flexibility index (Phi) is 4.52. The lowest BCUT2D eigenvalue weighted by Gasteiger charge is -2.36. The highest BCUT2D eigenvalue weighted by Gasteiger charge is 2.28. The lowest BCUT2D eigenvalue weighted by atomic mass is 9.94. The smallest absolute Gasteiger partial charge is 0.254 e. The molecule has 26 heavy (non-hydrogen) atoms. The Hall–Kier alpha value is -2.95. The Labute approximate surface area is 151 Å². The molecule has 0 unspecified atom stereocenters. The number of piperidine rings is 1. The van der Waals surface area contributed by atoms with E-state index >= 15 is 0 Å². The first-order chi connectivity index (χ1) is 12.7. The first-order valence-corrected chi connectivity index (χ1v) is 8.88. The van der Waals surface area contributed by atoms with Gasteiger partial charge in [-0.3, -0.25) is 4.79 Å². The summed E-state index contributed by atoms with van der Waals surface area (Å²) < 4.78 is 13.3. The molecule has 0 saturated carbocycles. The number of hydrogen-bond donors (Lipinski definition) is 1. The van der Waals surface area contributed by atoms with E-state index in [9.17, 15) is 9.18 Å². The summed E-state index contributed by atoms with van der Waals surface area (Å²) in [5.74, 6) is 0.495. The highest BCUT2D eigenvalue weighted by atomic mass is 19.1. The van der Waals surface area contributed by atoms with E-state index in [-0.39, 0.29) is 17.8 Å². The predicted molar refractivity (Wildman–Crippen MR) is 98.1 cm³/mol.